The van der Waals surface area contributed by atoms with Gasteiger partial charge < -0.3 is 5.73 Å². The van der Waals surface area contributed by atoms with Gasteiger partial charge in [-0.3, -0.25) is 0 Å². The van der Waals surface area contributed by atoms with Gasteiger partial charge in [-0.1, -0.05) is 22.0 Å². The van der Waals surface area contributed by atoms with Gasteiger partial charge in [-0.25, -0.2) is 4.39 Å². The van der Waals surface area contributed by atoms with Crippen LogP contribution in [0.5, 0.6) is 0 Å². The molecule has 0 aliphatic heterocycles. The highest BCUT2D eigenvalue weighted by molar-refractivity contribution is 9.10. The molecule has 1 saturated carbocycles. The van der Waals surface area contributed by atoms with E-state index in [0.29, 0.717) is 12.0 Å². The van der Waals surface area contributed by atoms with Crippen LogP contribution in [0.4, 0.5) is 4.39 Å². The van der Waals surface area contributed by atoms with Crippen molar-refractivity contribution in [2.75, 3.05) is 0 Å². The Morgan fingerprint density at radius 1 is 1.46 bits per heavy atom. The van der Waals surface area contributed by atoms with Crippen LogP contribution in [-0.4, -0.2) is 5.54 Å². The van der Waals surface area contributed by atoms with Gasteiger partial charge in [0, 0.05) is 15.6 Å². The first-order valence-electron chi connectivity index (χ1n) is 4.32. The quantitative estimate of drug-likeness (QED) is 0.850. The number of benzene rings is 1. The Labute approximate surface area is 85.3 Å². The van der Waals surface area contributed by atoms with E-state index < -0.39 is 0 Å². The van der Waals surface area contributed by atoms with Crippen LogP contribution in [0.15, 0.2) is 22.7 Å². The Kier molecular flexibility index (Phi) is 2.16. The topological polar surface area (TPSA) is 26.0 Å². The molecule has 0 saturated heterocycles. The Bertz CT molecular complexity index is 313. The van der Waals surface area contributed by atoms with Crippen LogP contribution in [0.3, 0.4) is 0 Å². The van der Waals surface area contributed by atoms with E-state index in [2.05, 4.69) is 15.9 Å². The third-order valence-corrected chi connectivity index (χ3v) is 3.23. The molecule has 0 heterocycles. The molecule has 1 aromatic carbocycles. The van der Waals surface area contributed by atoms with E-state index >= 15 is 0 Å². The van der Waals surface area contributed by atoms with Crippen molar-refractivity contribution >= 4 is 15.9 Å². The smallest absolute Gasteiger partial charge is 0.127 e. The largest absolute Gasteiger partial charge is 0.325 e. The Hall–Kier alpha value is -0.410. The standard InChI is InChI=1S/C10H11BrFN/c11-8-2-1-3-9(12)7(8)6-10(13)4-5-10/h1-3H,4-6,13H2. The molecule has 0 aromatic heterocycles. The molecule has 0 spiro atoms. The summed E-state index contributed by atoms with van der Waals surface area (Å²) in [4.78, 5) is 0. The SMILES string of the molecule is NC1(Cc2c(F)cccc2Br)CC1. The predicted octanol–water partition coefficient (Wildman–Crippen LogP) is 2.62. The fourth-order valence-corrected chi connectivity index (χ4v) is 1.87. The second kappa shape index (κ2) is 3.07. The van der Waals surface area contributed by atoms with E-state index in [1.165, 1.54) is 6.07 Å². The lowest BCUT2D eigenvalue weighted by Gasteiger charge is -2.10. The first kappa shape index (κ1) is 9.16. The van der Waals surface area contributed by atoms with Crippen LogP contribution in [-0.2, 0) is 6.42 Å². The maximum absolute atomic E-state index is 13.3. The molecule has 1 aliphatic rings. The average molecular weight is 244 g/mol. The van der Waals surface area contributed by atoms with E-state index in [0.717, 1.165) is 17.3 Å². The lowest BCUT2D eigenvalue weighted by Crippen LogP contribution is -2.25. The summed E-state index contributed by atoms with van der Waals surface area (Å²) >= 11 is 3.33. The van der Waals surface area contributed by atoms with Crippen LogP contribution in [0.2, 0.25) is 0 Å². The summed E-state index contributed by atoms with van der Waals surface area (Å²) in [5, 5.41) is 0. The van der Waals surface area contributed by atoms with Crippen LogP contribution in [0.1, 0.15) is 18.4 Å². The van der Waals surface area contributed by atoms with Crippen LogP contribution >= 0.6 is 15.9 Å². The van der Waals surface area contributed by atoms with E-state index in [4.69, 9.17) is 5.73 Å². The van der Waals surface area contributed by atoms with Crippen molar-refractivity contribution < 1.29 is 4.39 Å². The molecular weight excluding hydrogens is 233 g/mol. The molecule has 3 heteroatoms. The van der Waals surface area contributed by atoms with Crippen molar-refractivity contribution in [3.8, 4) is 0 Å². The summed E-state index contributed by atoms with van der Waals surface area (Å²) in [5.41, 5.74) is 6.51. The summed E-state index contributed by atoms with van der Waals surface area (Å²) in [6, 6.07) is 5.02. The van der Waals surface area contributed by atoms with Crippen molar-refractivity contribution in [2.24, 2.45) is 5.73 Å². The summed E-state index contributed by atoms with van der Waals surface area (Å²) in [6.45, 7) is 0. The molecule has 70 valence electrons. The van der Waals surface area contributed by atoms with Crippen molar-refractivity contribution in [3.63, 3.8) is 0 Å². The molecule has 1 fully saturated rings. The second-order valence-corrected chi connectivity index (χ2v) is 4.59. The minimum Gasteiger partial charge on any atom is -0.325 e. The minimum atomic E-state index is -0.161. The predicted molar refractivity (Wildman–Crippen MR) is 54.0 cm³/mol. The second-order valence-electron chi connectivity index (χ2n) is 3.74. The van der Waals surface area contributed by atoms with E-state index in [1.54, 1.807) is 6.07 Å². The average Bonchev–Trinajstić information content (AvgIpc) is 2.78. The minimum absolute atomic E-state index is 0.134. The molecular formula is C10H11BrFN. The van der Waals surface area contributed by atoms with Crippen molar-refractivity contribution in [3.05, 3.63) is 34.1 Å². The maximum atomic E-state index is 13.3. The van der Waals surface area contributed by atoms with Gasteiger partial charge in [0.25, 0.3) is 0 Å². The molecule has 0 atom stereocenters. The number of rotatable bonds is 2. The van der Waals surface area contributed by atoms with E-state index in [1.807, 2.05) is 6.07 Å². The monoisotopic (exact) mass is 243 g/mol. The normalized spacial score (nSPS) is 18.7. The highest BCUT2D eigenvalue weighted by Gasteiger charge is 2.39. The molecule has 13 heavy (non-hydrogen) atoms. The van der Waals surface area contributed by atoms with Crippen molar-refractivity contribution in [2.45, 2.75) is 24.8 Å². The van der Waals surface area contributed by atoms with Gasteiger partial charge in [-0.15, -0.1) is 0 Å². The number of nitrogens with two attached hydrogens (primary N) is 1. The highest BCUT2D eigenvalue weighted by atomic mass is 79.9. The third-order valence-electron chi connectivity index (χ3n) is 2.48. The van der Waals surface area contributed by atoms with Gasteiger partial charge in [0.1, 0.15) is 5.82 Å². The van der Waals surface area contributed by atoms with Crippen molar-refractivity contribution in [1.29, 1.82) is 0 Å². The summed E-state index contributed by atoms with van der Waals surface area (Å²) in [5.74, 6) is -0.161. The zero-order valence-electron chi connectivity index (χ0n) is 7.19. The summed E-state index contributed by atoms with van der Waals surface area (Å²) in [7, 11) is 0. The lowest BCUT2D eigenvalue weighted by atomic mass is 10.0. The zero-order valence-corrected chi connectivity index (χ0v) is 8.77. The molecule has 0 bridgehead atoms. The van der Waals surface area contributed by atoms with Crippen LogP contribution < -0.4 is 5.73 Å². The zero-order chi connectivity index (χ0) is 9.47. The number of halogens is 2. The molecule has 1 nitrogen and oxygen atoms in total. The van der Waals surface area contributed by atoms with Crippen LogP contribution in [0.25, 0.3) is 0 Å². The summed E-state index contributed by atoms with van der Waals surface area (Å²) in [6.07, 6.45) is 2.65. The first-order valence-corrected chi connectivity index (χ1v) is 5.12. The highest BCUT2D eigenvalue weighted by Crippen LogP contribution is 2.37. The molecule has 1 aromatic rings. The van der Waals surface area contributed by atoms with Gasteiger partial charge in [-0.2, -0.15) is 0 Å². The van der Waals surface area contributed by atoms with E-state index in [9.17, 15) is 4.39 Å². The Morgan fingerprint density at radius 3 is 2.69 bits per heavy atom. The molecule has 0 unspecified atom stereocenters. The first-order chi connectivity index (χ1) is 6.11. The Morgan fingerprint density at radius 2 is 2.15 bits per heavy atom. The van der Waals surface area contributed by atoms with Gasteiger partial charge in [0.15, 0.2) is 0 Å². The van der Waals surface area contributed by atoms with Gasteiger partial charge in [0.05, 0.1) is 0 Å². The fourth-order valence-electron chi connectivity index (χ4n) is 1.39. The molecule has 2 rings (SSSR count). The number of hydrogen-bond acceptors (Lipinski definition) is 1. The number of hydrogen-bond donors (Lipinski definition) is 1. The molecule has 2 N–H and O–H groups in total. The summed E-state index contributed by atoms with van der Waals surface area (Å²) < 4.78 is 14.1. The molecule has 1 aliphatic carbocycles. The maximum Gasteiger partial charge on any atom is 0.127 e. The van der Waals surface area contributed by atoms with E-state index in [-0.39, 0.29) is 11.4 Å². The molecule has 0 radical (unpaired) electrons. The Balaban J connectivity index is 2.28. The van der Waals surface area contributed by atoms with Gasteiger partial charge >= 0.3 is 0 Å². The van der Waals surface area contributed by atoms with Crippen LogP contribution in [0, 0.1) is 5.82 Å². The molecule has 0 amide bonds. The van der Waals surface area contributed by atoms with Crippen molar-refractivity contribution in [1.82, 2.24) is 0 Å². The van der Waals surface area contributed by atoms with Gasteiger partial charge in [0.2, 0.25) is 0 Å². The lowest BCUT2D eigenvalue weighted by molar-refractivity contribution is 0.580. The fraction of sp³-hybridized carbons (Fsp3) is 0.400. The third kappa shape index (κ3) is 1.92. The van der Waals surface area contributed by atoms with Gasteiger partial charge in [-0.05, 0) is 31.4 Å².